The summed E-state index contributed by atoms with van der Waals surface area (Å²) in [6, 6.07) is 1.02. The van der Waals surface area contributed by atoms with Crippen molar-refractivity contribution in [1.29, 1.82) is 0 Å². The number of hydrogen-bond acceptors (Lipinski definition) is 4. The summed E-state index contributed by atoms with van der Waals surface area (Å²) in [6.45, 7) is 0.732. The summed E-state index contributed by atoms with van der Waals surface area (Å²) < 4.78 is 10.1. The predicted octanol–water partition coefficient (Wildman–Crippen LogP) is -1.93. The van der Waals surface area contributed by atoms with Crippen LogP contribution in [-0.2, 0) is 8.85 Å². The predicted molar refractivity (Wildman–Crippen MR) is 53.8 cm³/mol. The summed E-state index contributed by atoms with van der Waals surface area (Å²) >= 11 is 0. The number of hydrogen-bond donors (Lipinski definition) is 2. The molecule has 0 radical (unpaired) electrons. The van der Waals surface area contributed by atoms with E-state index in [0.29, 0.717) is 0 Å². The second kappa shape index (κ2) is 12.9. The molecule has 70 valence electrons. The minimum absolute atomic E-state index is 0.732. The molecule has 0 bridgehead atoms. The Balaban J connectivity index is 0. The highest BCUT2D eigenvalue weighted by Gasteiger charge is 2.06. The lowest BCUT2D eigenvalue weighted by atomic mass is 10.5. The highest BCUT2D eigenvalue weighted by atomic mass is 28.3. The van der Waals surface area contributed by atoms with Gasteiger partial charge in [0, 0.05) is 14.2 Å². The molecule has 0 aromatic heterocycles. The fourth-order valence-corrected chi connectivity index (χ4v) is 1.85. The molecule has 0 rings (SSSR count). The molecule has 0 fully saturated rings. The Labute approximate surface area is 73.6 Å². The van der Waals surface area contributed by atoms with Crippen molar-refractivity contribution in [3.63, 3.8) is 0 Å². The zero-order chi connectivity index (χ0) is 9.11. The smallest absolute Gasteiger partial charge is 0.320 e. The molecule has 0 aliphatic rings. The van der Waals surface area contributed by atoms with Crippen molar-refractivity contribution in [2.24, 2.45) is 11.1 Å². The normalized spacial score (nSPS) is 9.55. The monoisotopic (exact) mass is 196 g/mol. The Morgan fingerprint density at radius 2 is 1.73 bits per heavy atom. The second-order valence-corrected chi connectivity index (χ2v) is 4.21. The molecule has 0 heterocycles. The van der Waals surface area contributed by atoms with Crippen molar-refractivity contribution >= 4 is 19.7 Å². The quantitative estimate of drug-likeness (QED) is 0.503. The molecule has 0 saturated heterocycles. The fourth-order valence-electron chi connectivity index (χ4n) is 0.616. The van der Waals surface area contributed by atoms with Crippen LogP contribution < -0.4 is 11.1 Å². The Morgan fingerprint density at radius 1 is 1.27 bits per heavy atom. The van der Waals surface area contributed by atoms with Gasteiger partial charge in [0.1, 0.15) is 0 Å². The van der Waals surface area contributed by atoms with Crippen molar-refractivity contribution in [2.45, 2.75) is 12.5 Å². The number of rotatable bonds is 5. The first-order valence-electron chi connectivity index (χ1n) is 3.68. The maximum absolute atomic E-state index is 5.30. The van der Waals surface area contributed by atoms with Crippen molar-refractivity contribution in [2.75, 3.05) is 20.8 Å². The first kappa shape index (κ1) is 13.8. The standard InChI is InChI=1S/C5H15NO2Si.H5NSi/c1-7-9(8-2)5-3-4-6;1-2/h9H,3-6H2,1-2H3;1H2,2H3. The Kier molecular flexibility index (Phi) is 16.2. The molecule has 0 unspecified atom stereocenters. The average molecular weight is 196 g/mol. The van der Waals surface area contributed by atoms with E-state index in [0.717, 1.165) is 29.4 Å². The van der Waals surface area contributed by atoms with Crippen LogP contribution in [-0.4, -0.2) is 40.5 Å². The van der Waals surface area contributed by atoms with E-state index >= 15 is 0 Å². The van der Waals surface area contributed by atoms with E-state index in [2.05, 4.69) is 5.40 Å². The largest absolute Gasteiger partial charge is 0.400 e. The van der Waals surface area contributed by atoms with E-state index in [4.69, 9.17) is 14.6 Å². The molecule has 4 N–H and O–H groups in total. The fraction of sp³-hybridized carbons (Fsp3) is 1.00. The summed E-state index contributed by atoms with van der Waals surface area (Å²) in [7, 11) is 2.90. The van der Waals surface area contributed by atoms with E-state index < -0.39 is 9.28 Å². The molecule has 0 aromatic carbocycles. The molecule has 0 spiro atoms. The molecule has 0 saturated carbocycles. The molecule has 4 nitrogen and oxygen atoms in total. The van der Waals surface area contributed by atoms with Crippen molar-refractivity contribution < 1.29 is 8.85 Å². The van der Waals surface area contributed by atoms with Gasteiger partial charge in [-0.25, -0.2) is 0 Å². The van der Waals surface area contributed by atoms with E-state index in [1.54, 1.807) is 14.2 Å². The molecule has 0 aliphatic carbocycles. The van der Waals surface area contributed by atoms with Crippen LogP contribution in [0.15, 0.2) is 0 Å². The minimum atomic E-state index is -1.29. The summed E-state index contributed by atoms with van der Waals surface area (Å²) in [4.78, 5) is 0. The van der Waals surface area contributed by atoms with Crippen LogP contribution in [0, 0.1) is 0 Å². The number of nitrogens with two attached hydrogens (primary N) is 2. The Bertz CT molecular complexity index is 64.4. The van der Waals surface area contributed by atoms with Gasteiger partial charge in [-0.15, -0.1) is 0 Å². The van der Waals surface area contributed by atoms with Gasteiger partial charge in [0.2, 0.25) is 0 Å². The minimum Gasteiger partial charge on any atom is -0.400 e. The maximum Gasteiger partial charge on any atom is 0.320 e. The van der Waals surface area contributed by atoms with Crippen LogP contribution in [0.5, 0.6) is 0 Å². The van der Waals surface area contributed by atoms with Crippen LogP contribution in [0.2, 0.25) is 6.04 Å². The summed E-state index contributed by atoms with van der Waals surface area (Å²) in [5.74, 6) is 0. The lowest BCUT2D eigenvalue weighted by molar-refractivity contribution is 0.277. The second-order valence-electron chi connectivity index (χ2n) is 1.83. The van der Waals surface area contributed by atoms with Crippen LogP contribution in [0.4, 0.5) is 0 Å². The lowest BCUT2D eigenvalue weighted by Crippen LogP contribution is -2.19. The average Bonchev–Trinajstić information content (AvgIpc) is 2.10. The molecule has 0 amide bonds. The molecular formula is C5H20N2O2Si2. The van der Waals surface area contributed by atoms with Gasteiger partial charge in [-0.2, -0.15) is 0 Å². The van der Waals surface area contributed by atoms with Crippen LogP contribution in [0.25, 0.3) is 0 Å². The van der Waals surface area contributed by atoms with Crippen LogP contribution >= 0.6 is 0 Å². The van der Waals surface area contributed by atoms with E-state index in [-0.39, 0.29) is 0 Å². The molecule has 0 aromatic rings. The van der Waals surface area contributed by atoms with Gasteiger partial charge in [-0.1, -0.05) is 0 Å². The third-order valence-electron chi connectivity index (χ3n) is 1.17. The van der Waals surface area contributed by atoms with Gasteiger partial charge in [-0.3, -0.25) is 0 Å². The molecule has 0 atom stereocenters. The van der Waals surface area contributed by atoms with Crippen molar-refractivity contribution in [1.82, 2.24) is 0 Å². The van der Waals surface area contributed by atoms with E-state index in [1.807, 2.05) is 0 Å². The Hall–Kier alpha value is 0.274. The summed E-state index contributed by atoms with van der Waals surface area (Å²) in [5, 5.41) is 4.64. The van der Waals surface area contributed by atoms with Gasteiger partial charge in [-0.05, 0) is 19.0 Å². The van der Waals surface area contributed by atoms with Gasteiger partial charge in [0.15, 0.2) is 0 Å². The van der Waals surface area contributed by atoms with Gasteiger partial charge in [0.05, 0.1) is 10.4 Å². The third kappa shape index (κ3) is 10.3. The Morgan fingerprint density at radius 3 is 2.00 bits per heavy atom. The zero-order valence-electron chi connectivity index (χ0n) is 7.67. The summed E-state index contributed by atoms with van der Waals surface area (Å²) in [6.07, 6.45) is 1.01. The van der Waals surface area contributed by atoms with Crippen LogP contribution in [0.3, 0.4) is 0 Å². The SMILES string of the molecule is CO[SiH](CCCN)OC.N[SiH3]. The highest BCUT2D eigenvalue weighted by molar-refractivity contribution is 6.44. The van der Waals surface area contributed by atoms with Crippen molar-refractivity contribution in [3.8, 4) is 0 Å². The van der Waals surface area contributed by atoms with Gasteiger partial charge >= 0.3 is 9.28 Å². The molecular weight excluding hydrogens is 176 g/mol. The first-order valence-corrected chi connectivity index (χ1v) is 6.60. The van der Waals surface area contributed by atoms with Gasteiger partial charge < -0.3 is 20.0 Å². The maximum atomic E-state index is 5.30. The van der Waals surface area contributed by atoms with E-state index in [9.17, 15) is 0 Å². The lowest BCUT2D eigenvalue weighted by Gasteiger charge is -2.08. The summed E-state index contributed by atoms with van der Waals surface area (Å²) in [5.41, 5.74) is 5.30. The van der Waals surface area contributed by atoms with Crippen molar-refractivity contribution in [3.05, 3.63) is 0 Å². The molecule has 11 heavy (non-hydrogen) atoms. The first-order chi connectivity index (χ1) is 5.35. The molecule has 0 aliphatic heterocycles. The highest BCUT2D eigenvalue weighted by Crippen LogP contribution is 1.96. The van der Waals surface area contributed by atoms with E-state index in [1.165, 1.54) is 0 Å². The zero-order valence-corrected chi connectivity index (χ0v) is 10.8. The topological polar surface area (TPSA) is 70.5 Å². The molecule has 6 heteroatoms. The third-order valence-corrected chi connectivity index (χ3v) is 3.10. The van der Waals surface area contributed by atoms with Crippen LogP contribution in [0.1, 0.15) is 6.42 Å². The van der Waals surface area contributed by atoms with Gasteiger partial charge in [0.25, 0.3) is 0 Å².